The summed E-state index contributed by atoms with van der Waals surface area (Å²) in [6, 6.07) is 4.14. The van der Waals surface area contributed by atoms with Gasteiger partial charge in [-0.25, -0.2) is 4.98 Å². The summed E-state index contributed by atoms with van der Waals surface area (Å²) < 4.78 is 5.03. The lowest BCUT2D eigenvalue weighted by Crippen LogP contribution is -2.27. The Labute approximate surface area is 110 Å². The number of pyridine rings is 1. The molecule has 0 saturated carbocycles. The molecule has 0 radical (unpaired) electrons. The van der Waals surface area contributed by atoms with Gasteiger partial charge in [0.05, 0.1) is 6.61 Å². The summed E-state index contributed by atoms with van der Waals surface area (Å²) >= 11 is 0. The van der Waals surface area contributed by atoms with Crippen molar-refractivity contribution in [3.05, 3.63) is 23.9 Å². The van der Waals surface area contributed by atoms with E-state index in [0.717, 1.165) is 45.0 Å². The van der Waals surface area contributed by atoms with Gasteiger partial charge in [0.1, 0.15) is 5.82 Å². The van der Waals surface area contributed by atoms with Crippen molar-refractivity contribution < 1.29 is 4.74 Å². The van der Waals surface area contributed by atoms with Gasteiger partial charge in [-0.15, -0.1) is 0 Å². The van der Waals surface area contributed by atoms with Gasteiger partial charge >= 0.3 is 0 Å². The summed E-state index contributed by atoms with van der Waals surface area (Å²) in [5.41, 5.74) is 1.25. The van der Waals surface area contributed by atoms with Crippen LogP contribution in [-0.4, -0.2) is 38.3 Å². The quantitative estimate of drug-likeness (QED) is 0.682. The molecule has 1 rings (SSSR count). The molecule has 0 aliphatic heterocycles. The molecular weight excluding hydrogens is 226 g/mol. The van der Waals surface area contributed by atoms with Gasteiger partial charge in [-0.05, 0) is 19.4 Å². The molecule has 0 fully saturated rings. The van der Waals surface area contributed by atoms with Gasteiger partial charge in [0.15, 0.2) is 0 Å². The first kappa shape index (κ1) is 14.9. The number of nitrogens with zero attached hydrogens (tertiary/aromatic N) is 2. The van der Waals surface area contributed by atoms with Crippen molar-refractivity contribution >= 4 is 5.82 Å². The van der Waals surface area contributed by atoms with Crippen LogP contribution in [0.2, 0.25) is 0 Å². The predicted octanol–water partition coefficient (Wildman–Crippen LogP) is 2.05. The van der Waals surface area contributed by atoms with Crippen molar-refractivity contribution in [2.45, 2.75) is 26.8 Å². The molecule has 0 aromatic carbocycles. The topological polar surface area (TPSA) is 37.4 Å². The van der Waals surface area contributed by atoms with Crippen LogP contribution < -0.4 is 10.2 Å². The number of aromatic nitrogens is 1. The first-order chi connectivity index (χ1) is 8.83. The van der Waals surface area contributed by atoms with Gasteiger partial charge in [-0.2, -0.15) is 0 Å². The predicted molar refractivity (Wildman–Crippen MR) is 76.0 cm³/mol. The summed E-state index contributed by atoms with van der Waals surface area (Å²) in [6.07, 6.45) is 3.01. The number of rotatable bonds is 9. The van der Waals surface area contributed by atoms with Crippen molar-refractivity contribution in [3.8, 4) is 0 Å². The van der Waals surface area contributed by atoms with E-state index in [1.165, 1.54) is 5.56 Å². The van der Waals surface area contributed by atoms with Gasteiger partial charge < -0.3 is 15.0 Å². The summed E-state index contributed by atoms with van der Waals surface area (Å²) in [6.45, 7) is 8.86. The molecule has 1 heterocycles. The normalized spacial score (nSPS) is 10.6. The summed E-state index contributed by atoms with van der Waals surface area (Å²) in [7, 11) is 1.72. The van der Waals surface area contributed by atoms with Gasteiger partial charge in [-0.1, -0.05) is 13.0 Å². The van der Waals surface area contributed by atoms with E-state index in [1.54, 1.807) is 7.11 Å². The maximum atomic E-state index is 5.03. The Morgan fingerprint density at radius 1 is 1.39 bits per heavy atom. The van der Waals surface area contributed by atoms with Crippen molar-refractivity contribution in [2.24, 2.45) is 0 Å². The number of methoxy groups -OCH3 is 1. The van der Waals surface area contributed by atoms with Crippen LogP contribution in [0.5, 0.6) is 0 Å². The van der Waals surface area contributed by atoms with E-state index in [0.29, 0.717) is 0 Å². The molecule has 18 heavy (non-hydrogen) atoms. The van der Waals surface area contributed by atoms with Crippen LogP contribution in [0, 0.1) is 0 Å². The SMILES string of the molecule is CCCN(CC)c1ncccc1CNCCOC. The van der Waals surface area contributed by atoms with E-state index in [9.17, 15) is 0 Å². The molecule has 0 amide bonds. The van der Waals surface area contributed by atoms with Crippen molar-refractivity contribution in [3.63, 3.8) is 0 Å². The molecule has 1 aromatic rings. The molecule has 0 unspecified atom stereocenters. The van der Waals surface area contributed by atoms with Crippen LogP contribution in [0.3, 0.4) is 0 Å². The summed E-state index contributed by atoms with van der Waals surface area (Å²) in [4.78, 5) is 6.85. The smallest absolute Gasteiger partial charge is 0.132 e. The Balaban J connectivity index is 2.65. The second-order valence-electron chi connectivity index (χ2n) is 4.24. The molecule has 4 nitrogen and oxygen atoms in total. The third-order valence-electron chi connectivity index (χ3n) is 2.84. The lowest BCUT2D eigenvalue weighted by atomic mass is 10.2. The first-order valence-corrected chi connectivity index (χ1v) is 6.72. The zero-order chi connectivity index (χ0) is 13.2. The highest BCUT2D eigenvalue weighted by Gasteiger charge is 2.09. The van der Waals surface area contributed by atoms with Crippen molar-refractivity contribution in [1.82, 2.24) is 10.3 Å². The third-order valence-corrected chi connectivity index (χ3v) is 2.84. The van der Waals surface area contributed by atoms with E-state index < -0.39 is 0 Å². The molecule has 0 aliphatic rings. The fourth-order valence-electron chi connectivity index (χ4n) is 1.93. The monoisotopic (exact) mass is 251 g/mol. The average molecular weight is 251 g/mol. The van der Waals surface area contributed by atoms with E-state index >= 15 is 0 Å². The number of anilines is 1. The Bertz CT molecular complexity index is 331. The van der Waals surface area contributed by atoms with E-state index in [4.69, 9.17) is 4.74 Å². The maximum absolute atomic E-state index is 5.03. The van der Waals surface area contributed by atoms with E-state index in [1.807, 2.05) is 12.3 Å². The first-order valence-electron chi connectivity index (χ1n) is 6.72. The fraction of sp³-hybridized carbons (Fsp3) is 0.643. The standard InChI is InChI=1S/C14H25N3O/c1-4-10-17(5-2)14-13(7-6-8-16-14)12-15-9-11-18-3/h6-8,15H,4-5,9-12H2,1-3H3. The number of ether oxygens (including phenoxy) is 1. The second-order valence-corrected chi connectivity index (χ2v) is 4.24. The average Bonchev–Trinajstić information content (AvgIpc) is 2.42. The molecule has 4 heteroatoms. The molecule has 0 aliphatic carbocycles. The molecule has 0 bridgehead atoms. The van der Waals surface area contributed by atoms with Crippen LogP contribution in [0.1, 0.15) is 25.8 Å². The summed E-state index contributed by atoms with van der Waals surface area (Å²) in [5.74, 6) is 1.10. The van der Waals surface area contributed by atoms with Gasteiger partial charge in [0.2, 0.25) is 0 Å². The molecule has 0 saturated heterocycles. The molecule has 1 N–H and O–H groups in total. The highest BCUT2D eigenvalue weighted by atomic mass is 16.5. The largest absolute Gasteiger partial charge is 0.383 e. The van der Waals surface area contributed by atoms with Crippen molar-refractivity contribution in [2.75, 3.05) is 38.3 Å². The minimum Gasteiger partial charge on any atom is -0.383 e. The van der Waals surface area contributed by atoms with Crippen LogP contribution in [0.15, 0.2) is 18.3 Å². The Kier molecular flexibility index (Phi) is 7.37. The maximum Gasteiger partial charge on any atom is 0.132 e. The minimum atomic E-state index is 0.738. The van der Waals surface area contributed by atoms with Gasteiger partial charge in [0.25, 0.3) is 0 Å². The molecule has 0 spiro atoms. The molecule has 0 atom stereocenters. The van der Waals surface area contributed by atoms with Gasteiger partial charge in [0, 0.05) is 45.0 Å². The third kappa shape index (κ3) is 4.63. The summed E-state index contributed by atoms with van der Waals surface area (Å²) in [5, 5.41) is 3.37. The minimum absolute atomic E-state index is 0.738. The Morgan fingerprint density at radius 3 is 2.89 bits per heavy atom. The number of hydrogen-bond acceptors (Lipinski definition) is 4. The zero-order valence-electron chi connectivity index (χ0n) is 11.8. The van der Waals surface area contributed by atoms with E-state index in [2.05, 4.69) is 35.1 Å². The Hall–Kier alpha value is -1.13. The molecular formula is C14H25N3O. The highest BCUT2D eigenvalue weighted by molar-refractivity contribution is 5.46. The number of hydrogen-bond donors (Lipinski definition) is 1. The van der Waals surface area contributed by atoms with E-state index in [-0.39, 0.29) is 0 Å². The second kappa shape index (κ2) is 8.89. The van der Waals surface area contributed by atoms with Crippen LogP contribution in [-0.2, 0) is 11.3 Å². The highest BCUT2D eigenvalue weighted by Crippen LogP contribution is 2.17. The number of nitrogens with one attached hydrogen (secondary N) is 1. The van der Waals surface area contributed by atoms with Crippen molar-refractivity contribution in [1.29, 1.82) is 0 Å². The molecule has 1 aromatic heterocycles. The van der Waals surface area contributed by atoms with Gasteiger partial charge in [-0.3, -0.25) is 0 Å². The zero-order valence-corrected chi connectivity index (χ0v) is 11.8. The Morgan fingerprint density at radius 2 is 2.22 bits per heavy atom. The lowest BCUT2D eigenvalue weighted by Gasteiger charge is -2.23. The van der Waals surface area contributed by atoms with Crippen LogP contribution in [0.25, 0.3) is 0 Å². The lowest BCUT2D eigenvalue weighted by molar-refractivity contribution is 0.199. The van der Waals surface area contributed by atoms with Crippen LogP contribution >= 0.6 is 0 Å². The molecule has 102 valence electrons. The van der Waals surface area contributed by atoms with Crippen LogP contribution in [0.4, 0.5) is 5.82 Å². The fourth-order valence-corrected chi connectivity index (χ4v) is 1.93.